The molecule has 7 heteroatoms. The van der Waals surface area contributed by atoms with Gasteiger partial charge in [0, 0.05) is 32.8 Å². The van der Waals surface area contributed by atoms with Crippen LogP contribution in [0.2, 0.25) is 5.02 Å². The van der Waals surface area contributed by atoms with E-state index in [1.807, 2.05) is 30.1 Å². The molecule has 0 aliphatic carbocycles. The summed E-state index contributed by atoms with van der Waals surface area (Å²) in [7, 11) is 3.58. The number of amides is 1. The highest BCUT2D eigenvalue weighted by atomic mass is 35.5. The van der Waals surface area contributed by atoms with E-state index in [4.69, 9.17) is 21.3 Å². The van der Waals surface area contributed by atoms with Crippen LogP contribution in [0.4, 0.5) is 0 Å². The van der Waals surface area contributed by atoms with Crippen molar-refractivity contribution < 1.29 is 9.53 Å². The predicted octanol–water partition coefficient (Wildman–Crippen LogP) is 3.26. The molecule has 3 aromatic rings. The molecule has 2 aromatic heterocycles. The number of methoxy groups -OCH3 is 1. The Labute approximate surface area is 169 Å². The topological polar surface area (TPSA) is 60.2 Å². The zero-order valence-electron chi connectivity index (χ0n) is 16.1. The molecule has 0 unspecified atom stereocenters. The number of imidazole rings is 1. The number of nitrogens with zero attached hydrogens (tertiary/aromatic N) is 4. The first kappa shape index (κ1) is 18.7. The Balaban J connectivity index is 1.38. The number of hydrogen-bond donors (Lipinski definition) is 0. The second-order valence-electron chi connectivity index (χ2n) is 7.28. The molecule has 1 saturated heterocycles. The van der Waals surface area contributed by atoms with Gasteiger partial charge >= 0.3 is 0 Å². The fourth-order valence-electron chi connectivity index (χ4n) is 3.84. The molecule has 0 bridgehead atoms. The monoisotopic (exact) mass is 398 g/mol. The first-order valence-electron chi connectivity index (χ1n) is 9.41. The maximum Gasteiger partial charge on any atom is 0.226 e. The summed E-state index contributed by atoms with van der Waals surface area (Å²) in [4.78, 5) is 23.8. The lowest BCUT2D eigenvalue weighted by molar-refractivity contribution is -0.129. The van der Waals surface area contributed by atoms with Crippen molar-refractivity contribution in [3.8, 4) is 5.75 Å². The molecule has 4 rings (SSSR count). The number of aromatic nitrogens is 3. The number of fused-ring (bicyclic) bond motifs is 1. The molecule has 0 radical (unpaired) electrons. The normalized spacial score (nSPS) is 16.7. The van der Waals surface area contributed by atoms with Gasteiger partial charge in [-0.3, -0.25) is 4.79 Å². The molecule has 1 aliphatic heterocycles. The van der Waals surface area contributed by atoms with E-state index >= 15 is 0 Å². The molecular weight excluding hydrogens is 376 g/mol. The number of benzene rings is 1. The summed E-state index contributed by atoms with van der Waals surface area (Å²) >= 11 is 6.17. The van der Waals surface area contributed by atoms with Gasteiger partial charge in [0.1, 0.15) is 17.1 Å². The third kappa shape index (κ3) is 3.69. The van der Waals surface area contributed by atoms with Crippen LogP contribution in [0.1, 0.15) is 17.8 Å². The lowest BCUT2D eigenvalue weighted by Gasteiger charge is -2.17. The molecule has 6 nitrogen and oxygen atoms in total. The third-order valence-corrected chi connectivity index (χ3v) is 5.70. The van der Waals surface area contributed by atoms with Gasteiger partial charge in [-0.05, 0) is 42.2 Å². The minimum absolute atomic E-state index is 0.135. The Morgan fingerprint density at radius 1 is 1.36 bits per heavy atom. The lowest BCUT2D eigenvalue weighted by atomic mass is 10.0. The summed E-state index contributed by atoms with van der Waals surface area (Å²) in [5.41, 5.74) is 2.72. The van der Waals surface area contributed by atoms with Crippen molar-refractivity contribution >= 4 is 28.7 Å². The molecule has 146 valence electrons. The van der Waals surface area contributed by atoms with Crippen LogP contribution in [-0.2, 0) is 24.7 Å². The van der Waals surface area contributed by atoms with Gasteiger partial charge in [-0.15, -0.1) is 0 Å². The Bertz CT molecular complexity index is 1020. The van der Waals surface area contributed by atoms with Crippen LogP contribution in [0, 0.1) is 5.92 Å². The van der Waals surface area contributed by atoms with Crippen LogP contribution in [0.25, 0.3) is 11.2 Å². The van der Waals surface area contributed by atoms with E-state index in [9.17, 15) is 4.79 Å². The summed E-state index contributed by atoms with van der Waals surface area (Å²) in [5, 5.41) is 0.530. The highest BCUT2D eigenvalue weighted by molar-refractivity contribution is 6.32. The molecule has 28 heavy (non-hydrogen) atoms. The molecule has 1 aromatic carbocycles. The van der Waals surface area contributed by atoms with Gasteiger partial charge in [0.15, 0.2) is 5.65 Å². The van der Waals surface area contributed by atoms with Crippen LogP contribution in [-0.4, -0.2) is 45.5 Å². The van der Waals surface area contributed by atoms with E-state index in [-0.39, 0.29) is 5.91 Å². The number of hydrogen-bond acceptors (Lipinski definition) is 4. The fraction of sp³-hybridized carbons (Fsp3) is 0.381. The van der Waals surface area contributed by atoms with Gasteiger partial charge in [-0.1, -0.05) is 17.7 Å². The molecule has 1 fully saturated rings. The molecular formula is C21H23ClN4O2. The molecule has 0 saturated carbocycles. The summed E-state index contributed by atoms with van der Waals surface area (Å²) in [5.74, 6) is 2.19. The zero-order chi connectivity index (χ0) is 19.7. The number of pyridine rings is 1. The van der Waals surface area contributed by atoms with Gasteiger partial charge in [0.2, 0.25) is 5.91 Å². The van der Waals surface area contributed by atoms with Crippen molar-refractivity contribution in [2.24, 2.45) is 13.0 Å². The van der Waals surface area contributed by atoms with Crippen LogP contribution < -0.4 is 4.74 Å². The standard InChI is InChI=1S/C21H23ClN4O2/c1-25-19(24-17-4-3-8-23-21(17)25)11-15-7-9-26(13-15)20(27)12-14-5-6-18(28-2)16(22)10-14/h3-6,8,10,15H,7,9,11-13H2,1-2H3/t15-/m1/s1. The highest BCUT2D eigenvalue weighted by Gasteiger charge is 2.27. The van der Waals surface area contributed by atoms with Crippen molar-refractivity contribution in [1.29, 1.82) is 0 Å². The molecule has 0 N–H and O–H groups in total. The summed E-state index contributed by atoms with van der Waals surface area (Å²) in [6.07, 6.45) is 3.98. The van der Waals surface area contributed by atoms with E-state index in [0.29, 0.717) is 23.1 Å². The van der Waals surface area contributed by atoms with Crippen LogP contribution >= 0.6 is 11.6 Å². The summed E-state index contributed by atoms with van der Waals surface area (Å²) < 4.78 is 7.22. The van der Waals surface area contributed by atoms with Crippen molar-refractivity contribution in [1.82, 2.24) is 19.4 Å². The number of ether oxygens (including phenoxy) is 1. The predicted molar refractivity (Wildman–Crippen MR) is 109 cm³/mol. The SMILES string of the molecule is COc1ccc(CC(=O)N2CC[C@H](Cc3nc4cccnc4n3C)C2)cc1Cl. The smallest absolute Gasteiger partial charge is 0.226 e. The van der Waals surface area contributed by atoms with Gasteiger partial charge < -0.3 is 14.2 Å². The maximum absolute atomic E-state index is 12.7. The molecule has 1 amide bonds. The molecule has 1 aliphatic rings. The highest BCUT2D eigenvalue weighted by Crippen LogP contribution is 2.26. The van der Waals surface area contributed by atoms with Crippen molar-refractivity contribution in [2.45, 2.75) is 19.3 Å². The lowest BCUT2D eigenvalue weighted by Crippen LogP contribution is -2.30. The first-order valence-corrected chi connectivity index (χ1v) is 9.79. The number of likely N-dealkylation sites (tertiary alicyclic amines) is 1. The van der Waals surface area contributed by atoms with Crippen LogP contribution in [0.15, 0.2) is 36.5 Å². The second-order valence-corrected chi connectivity index (χ2v) is 7.68. The second kappa shape index (κ2) is 7.80. The molecule has 1 atom stereocenters. The maximum atomic E-state index is 12.7. The van der Waals surface area contributed by atoms with Crippen LogP contribution in [0.5, 0.6) is 5.75 Å². The van der Waals surface area contributed by atoms with E-state index in [2.05, 4.69) is 9.55 Å². The minimum atomic E-state index is 0.135. The van der Waals surface area contributed by atoms with Gasteiger partial charge in [0.25, 0.3) is 0 Å². The molecule has 3 heterocycles. The zero-order valence-corrected chi connectivity index (χ0v) is 16.8. The van der Waals surface area contributed by atoms with Crippen molar-refractivity contribution in [3.05, 3.63) is 52.9 Å². The number of aryl methyl sites for hydroxylation is 1. The quantitative estimate of drug-likeness (QED) is 0.661. The van der Waals surface area contributed by atoms with Crippen molar-refractivity contribution in [3.63, 3.8) is 0 Å². The van der Waals surface area contributed by atoms with E-state index < -0.39 is 0 Å². The van der Waals surface area contributed by atoms with Gasteiger partial charge in [-0.2, -0.15) is 0 Å². The van der Waals surface area contributed by atoms with E-state index in [1.54, 1.807) is 25.4 Å². The molecule has 0 spiro atoms. The average molecular weight is 399 g/mol. The van der Waals surface area contributed by atoms with E-state index in [1.165, 1.54) is 0 Å². The average Bonchev–Trinajstić information content (AvgIpc) is 3.28. The van der Waals surface area contributed by atoms with Gasteiger partial charge in [-0.25, -0.2) is 9.97 Å². The summed E-state index contributed by atoms with van der Waals surface area (Å²) in [6, 6.07) is 9.38. The Hall–Kier alpha value is -2.60. The Morgan fingerprint density at radius 3 is 2.96 bits per heavy atom. The van der Waals surface area contributed by atoms with Crippen molar-refractivity contribution in [2.75, 3.05) is 20.2 Å². The Morgan fingerprint density at radius 2 is 2.21 bits per heavy atom. The fourth-order valence-corrected chi connectivity index (χ4v) is 4.12. The Kier molecular flexibility index (Phi) is 5.22. The number of carbonyl (C=O) groups is 1. The largest absolute Gasteiger partial charge is 0.495 e. The number of carbonyl (C=O) groups excluding carboxylic acids is 1. The van der Waals surface area contributed by atoms with E-state index in [0.717, 1.165) is 48.5 Å². The number of halogens is 1. The van der Waals surface area contributed by atoms with Gasteiger partial charge in [0.05, 0.1) is 18.6 Å². The number of rotatable bonds is 5. The minimum Gasteiger partial charge on any atom is -0.495 e. The summed E-state index contributed by atoms with van der Waals surface area (Å²) in [6.45, 7) is 1.55. The third-order valence-electron chi connectivity index (χ3n) is 5.40. The van der Waals surface area contributed by atoms with Crippen LogP contribution in [0.3, 0.4) is 0 Å². The first-order chi connectivity index (χ1) is 13.5.